The third-order valence-electron chi connectivity index (χ3n) is 4.33. The minimum atomic E-state index is -0.255. The monoisotopic (exact) mass is 357 g/mol. The predicted octanol–water partition coefficient (Wildman–Crippen LogP) is 2.94. The minimum absolute atomic E-state index is 0.243. The molecule has 0 atom stereocenters. The zero-order chi connectivity index (χ0) is 18.7. The molecule has 7 nitrogen and oxygen atoms in total. The van der Waals surface area contributed by atoms with Gasteiger partial charge in [0.05, 0.1) is 11.7 Å². The molecule has 0 aliphatic carbocycles. The second-order valence-electron chi connectivity index (χ2n) is 7.64. The number of ether oxygens (including phenoxy) is 1. The van der Waals surface area contributed by atoms with Crippen LogP contribution < -0.4 is 15.4 Å². The molecule has 0 radical (unpaired) electrons. The largest absolute Gasteiger partial charge is 0.488 e. The van der Waals surface area contributed by atoms with Crippen LogP contribution in [0.15, 0.2) is 24.3 Å². The second-order valence-corrected chi connectivity index (χ2v) is 7.64. The summed E-state index contributed by atoms with van der Waals surface area (Å²) in [6, 6.07) is 7.65. The van der Waals surface area contributed by atoms with E-state index >= 15 is 0 Å². The van der Waals surface area contributed by atoms with Crippen molar-refractivity contribution in [2.24, 2.45) is 0 Å². The predicted molar refractivity (Wildman–Crippen MR) is 101 cm³/mol. The average molecular weight is 357 g/mol. The number of nitrogens with one attached hydrogen (secondary N) is 2. The molecule has 1 aromatic heterocycles. The summed E-state index contributed by atoms with van der Waals surface area (Å²) in [5.74, 6) is 0.524. The maximum Gasteiger partial charge on any atom is 0.278 e. The van der Waals surface area contributed by atoms with Gasteiger partial charge in [0.15, 0.2) is 5.69 Å². The molecular weight excluding hydrogens is 330 g/mol. The van der Waals surface area contributed by atoms with Crippen LogP contribution in [-0.2, 0) is 0 Å². The van der Waals surface area contributed by atoms with E-state index in [4.69, 9.17) is 4.74 Å². The Kier molecular flexibility index (Phi) is 5.27. The molecule has 3 rings (SSSR count). The molecule has 2 heterocycles. The zero-order valence-corrected chi connectivity index (χ0v) is 15.9. The molecule has 0 saturated carbocycles. The summed E-state index contributed by atoms with van der Waals surface area (Å²) < 4.78 is 7.68. The molecule has 0 unspecified atom stereocenters. The van der Waals surface area contributed by atoms with Crippen LogP contribution >= 0.6 is 0 Å². The fourth-order valence-electron chi connectivity index (χ4n) is 3.10. The quantitative estimate of drug-likeness (QED) is 0.879. The fraction of sp³-hybridized carbons (Fsp3) is 0.526. The van der Waals surface area contributed by atoms with Gasteiger partial charge in [-0.15, -0.1) is 5.10 Å². The molecule has 140 valence electrons. The van der Waals surface area contributed by atoms with Crippen LogP contribution in [0.2, 0.25) is 0 Å². The number of carbonyl (C=O) groups is 1. The summed E-state index contributed by atoms with van der Waals surface area (Å²) in [6.07, 6.45) is 2.00. The van der Waals surface area contributed by atoms with Crippen molar-refractivity contribution < 1.29 is 9.53 Å². The molecule has 1 fully saturated rings. The number of anilines is 1. The third kappa shape index (κ3) is 4.40. The maximum atomic E-state index is 12.6. The molecule has 1 amide bonds. The first-order chi connectivity index (χ1) is 12.3. The first-order valence-electron chi connectivity index (χ1n) is 9.06. The number of amides is 1. The molecular formula is C19H27N5O2. The van der Waals surface area contributed by atoms with Gasteiger partial charge in [0.25, 0.3) is 5.91 Å². The van der Waals surface area contributed by atoms with Gasteiger partial charge in [0, 0.05) is 5.69 Å². The summed E-state index contributed by atoms with van der Waals surface area (Å²) >= 11 is 0. The Labute approximate surface area is 154 Å². The molecule has 1 aliphatic heterocycles. The lowest BCUT2D eigenvalue weighted by molar-refractivity contribution is 0.102. The Balaban J connectivity index is 1.67. The number of hydrogen-bond donors (Lipinski definition) is 2. The fourth-order valence-corrected chi connectivity index (χ4v) is 3.10. The molecule has 0 bridgehead atoms. The highest BCUT2D eigenvalue weighted by Crippen LogP contribution is 2.22. The SMILES string of the molecule is Cc1c(C(=O)Nc2ccc(OC(C)(C)C)cc2)nnn1C1CCNCC1. The summed E-state index contributed by atoms with van der Waals surface area (Å²) in [6.45, 7) is 9.83. The lowest BCUT2D eigenvalue weighted by Crippen LogP contribution is -2.30. The smallest absolute Gasteiger partial charge is 0.278 e. The van der Waals surface area contributed by atoms with Crippen LogP contribution in [0.1, 0.15) is 55.8 Å². The summed E-state index contributed by atoms with van der Waals surface area (Å²) in [7, 11) is 0. The summed E-state index contributed by atoms with van der Waals surface area (Å²) in [4.78, 5) is 12.6. The number of hydrogen-bond acceptors (Lipinski definition) is 5. The Hall–Kier alpha value is -2.41. The van der Waals surface area contributed by atoms with Gasteiger partial charge in [-0.25, -0.2) is 4.68 Å². The first-order valence-corrected chi connectivity index (χ1v) is 9.06. The number of nitrogens with zero attached hydrogens (tertiary/aromatic N) is 3. The second kappa shape index (κ2) is 7.45. The van der Waals surface area contributed by atoms with Crippen LogP contribution in [0.5, 0.6) is 5.75 Å². The van der Waals surface area contributed by atoms with E-state index < -0.39 is 0 Å². The molecule has 0 spiro atoms. The molecule has 2 aromatic rings. The van der Waals surface area contributed by atoms with Gasteiger partial charge >= 0.3 is 0 Å². The normalized spacial score (nSPS) is 15.7. The van der Waals surface area contributed by atoms with E-state index in [0.717, 1.165) is 37.4 Å². The van der Waals surface area contributed by atoms with Crippen LogP contribution in [0, 0.1) is 6.92 Å². The topological polar surface area (TPSA) is 81.1 Å². The van der Waals surface area contributed by atoms with Crippen molar-refractivity contribution in [3.8, 4) is 5.75 Å². The highest BCUT2D eigenvalue weighted by Gasteiger charge is 2.23. The summed E-state index contributed by atoms with van der Waals surface area (Å²) in [5, 5.41) is 14.5. The molecule has 26 heavy (non-hydrogen) atoms. The van der Waals surface area contributed by atoms with Gasteiger partial charge in [0.1, 0.15) is 11.4 Å². The van der Waals surface area contributed by atoms with E-state index in [1.165, 1.54) is 0 Å². The van der Waals surface area contributed by atoms with Crippen molar-refractivity contribution >= 4 is 11.6 Å². The molecule has 1 aromatic carbocycles. The van der Waals surface area contributed by atoms with Crippen LogP contribution in [0.25, 0.3) is 0 Å². The van der Waals surface area contributed by atoms with E-state index in [1.54, 1.807) is 0 Å². The average Bonchev–Trinajstić information content (AvgIpc) is 2.98. The van der Waals surface area contributed by atoms with Crippen LogP contribution in [0.4, 0.5) is 5.69 Å². The molecule has 1 aliphatic rings. The minimum Gasteiger partial charge on any atom is -0.488 e. The number of carbonyl (C=O) groups excluding carboxylic acids is 1. The van der Waals surface area contributed by atoms with Gasteiger partial charge in [-0.05, 0) is 77.9 Å². The number of benzene rings is 1. The summed E-state index contributed by atoms with van der Waals surface area (Å²) in [5.41, 5.74) is 1.63. The number of rotatable bonds is 4. The Morgan fingerprint density at radius 3 is 2.50 bits per heavy atom. The van der Waals surface area contributed by atoms with E-state index in [-0.39, 0.29) is 11.5 Å². The van der Waals surface area contributed by atoms with E-state index in [2.05, 4.69) is 20.9 Å². The first kappa shape index (κ1) is 18.4. The van der Waals surface area contributed by atoms with Crippen molar-refractivity contribution in [2.45, 2.75) is 52.2 Å². The van der Waals surface area contributed by atoms with Gasteiger partial charge in [-0.2, -0.15) is 0 Å². The number of piperidine rings is 1. The van der Waals surface area contributed by atoms with Crippen molar-refractivity contribution in [2.75, 3.05) is 18.4 Å². The Morgan fingerprint density at radius 1 is 1.23 bits per heavy atom. The van der Waals surface area contributed by atoms with Crippen molar-refractivity contribution in [1.82, 2.24) is 20.3 Å². The van der Waals surface area contributed by atoms with Crippen LogP contribution in [-0.4, -0.2) is 39.6 Å². The van der Waals surface area contributed by atoms with Gasteiger partial charge in [-0.3, -0.25) is 4.79 Å². The third-order valence-corrected chi connectivity index (χ3v) is 4.33. The lowest BCUT2D eigenvalue weighted by atomic mass is 10.1. The van der Waals surface area contributed by atoms with Gasteiger partial charge in [0.2, 0.25) is 0 Å². The van der Waals surface area contributed by atoms with Gasteiger partial charge < -0.3 is 15.4 Å². The lowest BCUT2D eigenvalue weighted by Gasteiger charge is -2.23. The van der Waals surface area contributed by atoms with E-state index in [9.17, 15) is 4.79 Å². The Morgan fingerprint density at radius 2 is 1.88 bits per heavy atom. The van der Waals surface area contributed by atoms with Crippen molar-refractivity contribution in [3.63, 3.8) is 0 Å². The van der Waals surface area contributed by atoms with E-state index in [1.807, 2.05) is 56.6 Å². The van der Waals surface area contributed by atoms with Crippen molar-refractivity contribution in [1.29, 1.82) is 0 Å². The maximum absolute atomic E-state index is 12.6. The molecule has 7 heteroatoms. The van der Waals surface area contributed by atoms with Crippen molar-refractivity contribution in [3.05, 3.63) is 35.7 Å². The molecule has 2 N–H and O–H groups in total. The Bertz CT molecular complexity index is 755. The highest BCUT2D eigenvalue weighted by atomic mass is 16.5. The number of aromatic nitrogens is 3. The van der Waals surface area contributed by atoms with Gasteiger partial charge in [-0.1, -0.05) is 5.21 Å². The van der Waals surface area contributed by atoms with E-state index in [0.29, 0.717) is 17.4 Å². The van der Waals surface area contributed by atoms with Crippen LogP contribution in [0.3, 0.4) is 0 Å². The highest BCUT2D eigenvalue weighted by molar-refractivity contribution is 6.03. The zero-order valence-electron chi connectivity index (χ0n) is 15.9. The molecule has 1 saturated heterocycles. The standard InChI is InChI=1S/C19H27N5O2/c1-13-17(22-23-24(13)15-9-11-20-12-10-15)18(25)21-14-5-7-16(8-6-14)26-19(2,3)4/h5-8,15,20H,9-12H2,1-4H3,(H,21,25).